The fraction of sp³-hybridized carbons (Fsp3) is 0.400. The number of amides is 1. The Morgan fingerprint density at radius 3 is 2.84 bits per heavy atom. The lowest BCUT2D eigenvalue weighted by Crippen LogP contribution is -2.45. The third kappa shape index (κ3) is 5.28. The van der Waals surface area contributed by atoms with E-state index < -0.39 is 17.5 Å². The average Bonchev–Trinajstić information content (AvgIpc) is 3.11. The quantitative estimate of drug-likeness (QED) is 0.724. The van der Waals surface area contributed by atoms with Crippen LogP contribution < -0.4 is 15.6 Å². The number of carbonyl (C=O) groups is 1. The number of thioether (sulfide) groups is 1. The van der Waals surface area contributed by atoms with Crippen LogP contribution in [0.25, 0.3) is 0 Å². The van der Waals surface area contributed by atoms with Crippen LogP contribution in [0, 0.1) is 11.6 Å². The highest BCUT2D eigenvalue weighted by Crippen LogP contribution is 2.24. The number of hydrogen-bond donors (Lipinski definition) is 2. The molecule has 2 aliphatic rings. The molecule has 1 atom stereocenters. The maximum Gasteiger partial charge on any atom is 0.226 e. The van der Waals surface area contributed by atoms with Gasteiger partial charge in [-0.3, -0.25) is 15.2 Å². The van der Waals surface area contributed by atoms with Gasteiger partial charge in [0.2, 0.25) is 5.91 Å². The van der Waals surface area contributed by atoms with Crippen LogP contribution in [-0.2, 0) is 11.2 Å². The molecule has 8 nitrogen and oxygen atoms in total. The van der Waals surface area contributed by atoms with E-state index >= 15 is 0 Å². The summed E-state index contributed by atoms with van der Waals surface area (Å²) in [5.74, 6) is -1.47. The number of hydrazine groups is 1. The van der Waals surface area contributed by atoms with E-state index in [0.29, 0.717) is 0 Å². The first-order valence-corrected chi connectivity index (χ1v) is 10.9. The van der Waals surface area contributed by atoms with E-state index in [9.17, 15) is 13.6 Å². The first-order chi connectivity index (χ1) is 15.0. The zero-order valence-corrected chi connectivity index (χ0v) is 17.8. The van der Waals surface area contributed by atoms with Gasteiger partial charge in [0.25, 0.3) is 0 Å². The predicted molar refractivity (Wildman–Crippen MR) is 115 cm³/mol. The molecule has 2 aromatic rings. The summed E-state index contributed by atoms with van der Waals surface area (Å²) in [6.07, 6.45) is 3.21. The van der Waals surface area contributed by atoms with Crippen molar-refractivity contribution in [3.05, 3.63) is 53.7 Å². The molecule has 2 fully saturated rings. The standard InChI is InChI=1S/C20H23F2N7OS/c1-28-20(25-17(30)12-13-4-2-5-15(21)18(13)22)31-19(27-28)24-14-7-10-29(11-8-14)16-6-3-9-23-26-16/h2-6,9,14,20H,7-8,10-12H2,1H3,(H,24,27)(H,25,30). The smallest absolute Gasteiger partial charge is 0.226 e. The zero-order chi connectivity index (χ0) is 21.8. The van der Waals surface area contributed by atoms with Crippen molar-refractivity contribution >= 4 is 28.7 Å². The number of anilines is 1. The van der Waals surface area contributed by atoms with E-state index in [2.05, 4.69) is 25.8 Å². The number of carbonyl (C=O) groups excluding carboxylic acids is 1. The number of aromatic nitrogens is 2. The molecule has 31 heavy (non-hydrogen) atoms. The van der Waals surface area contributed by atoms with Gasteiger partial charge in [0.1, 0.15) is 0 Å². The van der Waals surface area contributed by atoms with Crippen molar-refractivity contribution in [3.8, 4) is 0 Å². The normalized spacial score (nSPS) is 21.3. The number of rotatable bonds is 5. The second-order valence-corrected chi connectivity index (χ2v) is 8.45. The lowest BCUT2D eigenvalue weighted by Gasteiger charge is -2.30. The Hall–Kier alpha value is -2.79. The topological polar surface area (TPSA) is 85.8 Å². The molecule has 4 rings (SSSR count). The van der Waals surface area contributed by atoms with Gasteiger partial charge in [0.05, 0.1) is 12.5 Å². The summed E-state index contributed by atoms with van der Waals surface area (Å²) in [6.45, 7) is 1.69. The second-order valence-electron chi connectivity index (χ2n) is 7.38. The molecule has 1 aromatic heterocycles. The molecule has 0 aliphatic carbocycles. The molecule has 11 heteroatoms. The summed E-state index contributed by atoms with van der Waals surface area (Å²) < 4.78 is 27.1. The Morgan fingerprint density at radius 1 is 1.29 bits per heavy atom. The molecular formula is C20H23F2N7OS. The summed E-state index contributed by atoms with van der Waals surface area (Å²) >= 11 is 1.38. The number of benzene rings is 1. The molecule has 2 aliphatic heterocycles. The third-order valence-corrected chi connectivity index (χ3v) is 6.24. The third-order valence-electron chi connectivity index (χ3n) is 5.16. The highest BCUT2D eigenvalue weighted by atomic mass is 32.2. The number of nitrogens with one attached hydrogen (secondary N) is 2. The molecule has 1 aromatic carbocycles. The van der Waals surface area contributed by atoms with E-state index in [1.54, 1.807) is 18.3 Å². The van der Waals surface area contributed by atoms with Crippen molar-refractivity contribution in [1.29, 1.82) is 0 Å². The lowest BCUT2D eigenvalue weighted by molar-refractivity contribution is -0.121. The minimum atomic E-state index is -0.988. The monoisotopic (exact) mass is 447 g/mol. The Kier molecular flexibility index (Phi) is 6.62. The number of halogens is 2. The second kappa shape index (κ2) is 9.56. The summed E-state index contributed by atoms with van der Waals surface area (Å²) in [7, 11) is 1.79. The molecule has 1 amide bonds. The maximum atomic E-state index is 13.8. The molecule has 0 bridgehead atoms. The van der Waals surface area contributed by atoms with Crippen LogP contribution in [0.1, 0.15) is 18.4 Å². The molecule has 2 N–H and O–H groups in total. The Labute approximate surface area is 183 Å². The number of hydrogen-bond acceptors (Lipinski definition) is 7. The van der Waals surface area contributed by atoms with Gasteiger partial charge in [-0.1, -0.05) is 12.1 Å². The lowest BCUT2D eigenvalue weighted by atomic mass is 10.1. The Balaban J connectivity index is 1.29. The van der Waals surface area contributed by atoms with Gasteiger partial charge in [-0.2, -0.15) is 10.1 Å². The van der Waals surface area contributed by atoms with Crippen molar-refractivity contribution in [2.75, 3.05) is 25.0 Å². The first-order valence-electron chi connectivity index (χ1n) is 9.98. The molecule has 2 saturated heterocycles. The van der Waals surface area contributed by atoms with Gasteiger partial charge in [0, 0.05) is 31.9 Å². The van der Waals surface area contributed by atoms with Gasteiger partial charge in [-0.15, -0.1) is 5.10 Å². The van der Waals surface area contributed by atoms with Gasteiger partial charge in [-0.05, 0) is 42.8 Å². The van der Waals surface area contributed by atoms with Gasteiger partial charge in [-0.25, -0.2) is 8.78 Å². The number of nitrogens with zero attached hydrogens (tertiary/aromatic N) is 5. The molecular weight excluding hydrogens is 424 g/mol. The van der Waals surface area contributed by atoms with Crippen molar-refractivity contribution < 1.29 is 13.6 Å². The molecule has 0 radical (unpaired) electrons. The van der Waals surface area contributed by atoms with Crippen LogP contribution in [0.4, 0.5) is 14.6 Å². The number of aliphatic imine (C=N–C) groups is 1. The van der Waals surface area contributed by atoms with Gasteiger partial charge >= 0.3 is 0 Å². The van der Waals surface area contributed by atoms with Crippen molar-refractivity contribution in [3.63, 3.8) is 0 Å². The van der Waals surface area contributed by atoms with Crippen LogP contribution in [0.5, 0.6) is 0 Å². The molecule has 1 unspecified atom stereocenters. The molecule has 0 saturated carbocycles. The first kappa shape index (κ1) is 21.4. The van der Waals surface area contributed by atoms with Crippen LogP contribution in [-0.4, -0.2) is 58.0 Å². The SMILES string of the molecule is CN1NC(=NC2CCN(c3cccnn3)CC2)SC1NC(=O)Cc1cccc(F)c1F. The number of piperidine rings is 1. The van der Waals surface area contributed by atoms with E-state index in [-0.39, 0.29) is 23.5 Å². The Morgan fingerprint density at radius 2 is 2.10 bits per heavy atom. The summed E-state index contributed by atoms with van der Waals surface area (Å²) in [5, 5.41) is 13.3. The predicted octanol–water partition coefficient (Wildman–Crippen LogP) is 1.91. The minimum Gasteiger partial charge on any atom is -0.355 e. The minimum absolute atomic E-state index is 0.0277. The van der Waals surface area contributed by atoms with Crippen molar-refractivity contribution in [1.82, 2.24) is 25.9 Å². The fourth-order valence-electron chi connectivity index (χ4n) is 3.50. The maximum absolute atomic E-state index is 13.8. The van der Waals surface area contributed by atoms with Crippen LogP contribution in [0.2, 0.25) is 0 Å². The van der Waals surface area contributed by atoms with Crippen LogP contribution in [0.15, 0.2) is 41.5 Å². The molecule has 164 valence electrons. The summed E-state index contributed by atoms with van der Waals surface area (Å²) in [4.78, 5) is 19.3. The highest BCUT2D eigenvalue weighted by molar-refractivity contribution is 8.14. The number of amidine groups is 1. The summed E-state index contributed by atoms with van der Waals surface area (Å²) in [5.41, 5.74) is 2.79. The summed E-state index contributed by atoms with van der Waals surface area (Å²) in [6, 6.07) is 7.82. The van der Waals surface area contributed by atoms with Crippen LogP contribution >= 0.6 is 11.8 Å². The van der Waals surface area contributed by atoms with E-state index in [4.69, 9.17) is 4.99 Å². The van der Waals surface area contributed by atoms with E-state index in [1.165, 1.54) is 23.9 Å². The Bertz CT molecular complexity index is 954. The highest BCUT2D eigenvalue weighted by Gasteiger charge is 2.30. The molecule has 0 spiro atoms. The molecule has 3 heterocycles. The van der Waals surface area contributed by atoms with Crippen LogP contribution in [0.3, 0.4) is 0 Å². The van der Waals surface area contributed by atoms with Crippen molar-refractivity contribution in [2.45, 2.75) is 30.8 Å². The fourth-order valence-corrected chi connectivity index (χ4v) is 4.52. The van der Waals surface area contributed by atoms with Gasteiger partial charge in [0.15, 0.2) is 28.1 Å². The van der Waals surface area contributed by atoms with E-state index in [1.807, 2.05) is 12.1 Å². The zero-order valence-electron chi connectivity index (χ0n) is 17.0. The van der Waals surface area contributed by atoms with Crippen molar-refractivity contribution in [2.24, 2.45) is 4.99 Å². The largest absolute Gasteiger partial charge is 0.355 e. The van der Waals surface area contributed by atoms with E-state index in [0.717, 1.165) is 43.0 Å². The average molecular weight is 448 g/mol. The van der Waals surface area contributed by atoms with Gasteiger partial charge < -0.3 is 10.2 Å².